The van der Waals surface area contributed by atoms with Gasteiger partial charge in [-0.15, -0.1) is 0 Å². The van der Waals surface area contributed by atoms with Crippen molar-refractivity contribution in [2.75, 3.05) is 0 Å². The van der Waals surface area contributed by atoms with E-state index in [0.29, 0.717) is 17.6 Å². The van der Waals surface area contributed by atoms with E-state index in [2.05, 4.69) is 32.0 Å². The minimum absolute atomic E-state index is 0.328. The Morgan fingerprint density at radius 2 is 2.00 bits per heavy atom. The fraction of sp³-hybridized carbons (Fsp3) is 0.562. The maximum absolute atomic E-state index is 12.6. The Hall–Kier alpha value is -1.11. The van der Waals surface area contributed by atoms with Crippen molar-refractivity contribution in [1.29, 1.82) is 0 Å². The van der Waals surface area contributed by atoms with Crippen LogP contribution in [-0.2, 0) is 0 Å². The summed E-state index contributed by atoms with van der Waals surface area (Å²) in [6.45, 7) is 4.12. The zero-order valence-electron chi connectivity index (χ0n) is 10.7. The molecule has 0 saturated heterocycles. The molecular formula is C16H20O. The first-order valence-electron chi connectivity index (χ1n) is 6.76. The standard InChI is InChI=1S/C16H20O/c1-10-3-4-11(2)14(7-10)16(17)15-9-12-5-6-13(15)8-12/h3-4,7,12-13,15H,5-6,8-9H2,1-2H3. The van der Waals surface area contributed by atoms with Crippen molar-refractivity contribution < 1.29 is 4.79 Å². The Morgan fingerprint density at radius 3 is 2.65 bits per heavy atom. The monoisotopic (exact) mass is 228 g/mol. The minimum Gasteiger partial charge on any atom is -0.294 e. The van der Waals surface area contributed by atoms with Gasteiger partial charge in [-0.3, -0.25) is 4.79 Å². The molecule has 2 bridgehead atoms. The van der Waals surface area contributed by atoms with Gasteiger partial charge in [0.1, 0.15) is 0 Å². The average Bonchev–Trinajstić information content (AvgIpc) is 2.93. The summed E-state index contributed by atoms with van der Waals surface area (Å²) in [6.07, 6.45) is 5.10. The molecule has 0 heterocycles. The fourth-order valence-corrected chi connectivity index (χ4v) is 3.77. The summed E-state index contributed by atoms with van der Waals surface area (Å²) in [4.78, 5) is 12.6. The van der Waals surface area contributed by atoms with E-state index in [4.69, 9.17) is 0 Å². The summed E-state index contributed by atoms with van der Waals surface area (Å²) >= 11 is 0. The summed E-state index contributed by atoms with van der Waals surface area (Å²) in [5.41, 5.74) is 3.31. The smallest absolute Gasteiger partial charge is 0.166 e. The highest BCUT2D eigenvalue weighted by atomic mass is 16.1. The van der Waals surface area contributed by atoms with Crippen LogP contribution in [-0.4, -0.2) is 5.78 Å². The van der Waals surface area contributed by atoms with Gasteiger partial charge in [-0.25, -0.2) is 0 Å². The van der Waals surface area contributed by atoms with E-state index in [1.165, 1.54) is 24.8 Å². The molecule has 0 aromatic heterocycles. The first kappa shape index (κ1) is 11.0. The van der Waals surface area contributed by atoms with E-state index in [1.807, 2.05) is 0 Å². The van der Waals surface area contributed by atoms with Crippen molar-refractivity contribution >= 4 is 5.78 Å². The molecule has 0 radical (unpaired) electrons. The lowest BCUT2D eigenvalue weighted by Crippen LogP contribution is -2.21. The second-order valence-corrected chi connectivity index (χ2v) is 5.96. The topological polar surface area (TPSA) is 17.1 Å². The Labute approximate surface area is 103 Å². The lowest BCUT2D eigenvalue weighted by atomic mass is 9.82. The Bertz CT molecular complexity index is 461. The zero-order valence-corrected chi connectivity index (χ0v) is 10.7. The predicted molar refractivity (Wildman–Crippen MR) is 69.2 cm³/mol. The normalized spacial score (nSPS) is 30.8. The van der Waals surface area contributed by atoms with Gasteiger partial charge < -0.3 is 0 Å². The largest absolute Gasteiger partial charge is 0.294 e. The van der Waals surface area contributed by atoms with Gasteiger partial charge in [0.25, 0.3) is 0 Å². The molecule has 0 spiro atoms. The number of hydrogen-bond donors (Lipinski definition) is 0. The highest BCUT2D eigenvalue weighted by Gasteiger charge is 2.43. The van der Waals surface area contributed by atoms with Crippen LogP contribution in [0, 0.1) is 31.6 Å². The second-order valence-electron chi connectivity index (χ2n) is 5.96. The number of carbonyl (C=O) groups excluding carboxylic acids is 1. The lowest BCUT2D eigenvalue weighted by Gasteiger charge is -2.21. The Morgan fingerprint density at radius 1 is 1.18 bits per heavy atom. The highest BCUT2D eigenvalue weighted by Crippen LogP contribution is 2.49. The predicted octanol–water partition coefficient (Wildman–Crippen LogP) is 3.92. The Kier molecular flexibility index (Phi) is 2.57. The number of hydrogen-bond acceptors (Lipinski definition) is 1. The fourth-order valence-electron chi connectivity index (χ4n) is 3.77. The number of Topliss-reactive ketones (excluding diaryl/α,β-unsaturated/α-hetero) is 1. The van der Waals surface area contributed by atoms with Crippen LogP contribution < -0.4 is 0 Å². The molecule has 0 amide bonds. The molecule has 1 aromatic carbocycles. The molecule has 0 N–H and O–H groups in total. The van der Waals surface area contributed by atoms with Crippen molar-refractivity contribution in [3.63, 3.8) is 0 Å². The third-order valence-corrected chi connectivity index (χ3v) is 4.73. The van der Waals surface area contributed by atoms with Gasteiger partial charge in [-0.05, 0) is 56.6 Å². The summed E-state index contributed by atoms with van der Waals surface area (Å²) in [6, 6.07) is 6.24. The van der Waals surface area contributed by atoms with Crippen LogP contribution in [0.2, 0.25) is 0 Å². The number of fused-ring (bicyclic) bond motifs is 2. The summed E-state index contributed by atoms with van der Waals surface area (Å²) in [5.74, 6) is 2.28. The highest BCUT2D eigenvalue weighted by molar-refractivity contribution is 5.99. The first-order valence-corrected chi connectivity index (χ1v) is 6.76. The van der Waals surface area contributed by atoms with Gasteiger partial charge in [0.05, 0.1) is 0 Å². The van der Waals surface area contributed by atoms with Gasteiger partial charge in [-0.2, -0.15) is 0 Å². The van der Waals surface area contributed by atoms with Crippen LogP contribution >= 0.6 is 0 Å². The molecule has 2 aliphatic carbocycles. The molecule has 1 nitrogen and oxygen atoms in total. The third kappa shape index (κ3) is 1.82. The third-order valence-electron chi connectivity index (χ3n) is 4.73. The molecule has 1 heteroatoms. The van der Waals surface area contributed by atoms with Crippen LogP contribution in [0.25, 0.3) is 0 Å². The van der Waals surface area contributed by atoms with Gasteiger partial charge in [0.2, 0.25) is 0 Å². The van der Waals surface area contributed by atoms with E-state index in [-0.39, 0.29) is 0 Å². The Balaban J connectivity index is 1.89. The molecule has 3 rings (SSSR count). The quantitative estimate of drug-likeness (QED) is 0.701. The van der Waals surface area contributed by atoms with Crippen molar-refractivity contribution in [1.82, 2.24) is 0 Å². The van der Waals surface area contributed by atoms with E-state index in [0.717, 1.165) is 23.5 Å². The number of ketones is 1. The average molecular weight is 228 g/mol. The lowest BCUT2D eigenvalue weighted by molar-refractivity contribution is 0.0874. The van der Waals surface area contributed by atoms with Crippen molar-refractivity contribution in [3.05, 3.63) is 34.9 Å². The maximum Gasteiger partial charge on any atom is 0.166 e. The second kappa shape index (κ2) is 3.97. The van der Waals surface area contributed by atoms with Gasteiger partial charge in [0.15, 0.2) is 5.78 Å². The van der Waals surface area contributed by atoms with Crippen LogP contribution in [0.15, 0.2) is 18.2 Å². The first-order chi connectivity index (χ1) is 8.15. The molecule has 1 aromatic rings. The van der Waals surface area contributed by atoms with Crippen molar-refractivity contribution in [3.8, 4) is 0 Å². The van der Waals surface area contributed by atoms with E-state index < -0.39 is 0 Å². The zero-order chi connectivity index (χ0) is 12.0. The molecular weight excluding hydrogens is 208 g/mol. The molecule has 2 fully saturated rings. The van der Waals surface area contributed by atoms with E-state index in [9.17, 15) is 4.79 Å². The summed E-state index contributed by atoms with van der Waals surface area (Å²) in [7, 11) is 0. The summed E-state index contributed by atoms with van der Waals surface area (Å²) < 4.78 is 0. The molecule has 90 valence electrons. The van der Waals surface area contributed by atoms with Crippen molar-refractivity contribution in [2.45, 2.75) is 39.5 Å². The molecule has 3 unspecified atom stereocenters. The molecule has 0 aliphatic heterocycles. The van der Waals surface area contributed by atoms with Crippen molar-refractivity contribution in [2.24, 2.45) is 17.8 Å². The molecule has 3 atom stereocenters. The molecule has 2 aliphatic rings. The molecule has 17 heavy (non-hydrogen) atoms. The SMILES string of the molecule is Cc1ccc(C)c(C(=O)C2CC3CCC2C3)c1. The number of benzene rings is 1. The molecule has 2 saturated carbocycles. The van der Waals surface area contributed by atoms with Crippen LogP contribution in [0.3, 0.4) is 0 Å². The van der Waals surface area contributed by atoms with Crippen LogP contribution in [0.4, 0.5) is 0 Å². The van der Waals surface area contributed by atoms with Gasteiger partial charge in [-0.1, -0.05) is 24.1 Å². The maximum atomic E-state index is 12.6. The minimum atomic E-state index is 0.328. The summed E-state index contributed by atoms with van der Waals surface area (Å²) in [5, 5.41) is 0. The number of rotatable bonds is 2. The van der Waals surface area contributed by atoms with Gasteiger partial charge >= 0.3 is 0 Å². The van der Waals surface area contributed by atoms with Crippen LogP contribution in [0.1, 0.15) is 47.2 Å². The van der Waals surface area contributed by atoms with E-state index >= 15 is 0 Å². The number of aryl methyl sites for hydroxylation is 2. The van der Waals surface area contributed by atoms with Crippen LogP contribution in [0.5, 0.6) is 0 Å². The number of carbonyl (C=O) groups is 1. The van der Waals surface area contributed by atoms with E-state index in [1.54, 1.807) is 0 Å². The van der Waals surface area contributed by atoms with Gasteiger partial charge in [0, 0.05) is 11.5 Å².